The second-order valence-corrected chi connectivity index (χ2v) is 5.81. The number of rotatable bonds is 5. The lowest BCUT2D eigenvalue weighted by molar-refractivity contribution is 0.292. The highest BCUT2D eigenvalue weighted by molar-refractivity contribution is 4.75. The standard InChI is InChI=1S/C14H28N2/c1-13-5-7-14(8-6-13)15-9-4-12-16-10-2-3-11-16/h13-15H,2-12H2,1H3. The van der Waals surface area contributed by atoms with E-state index in [2.05, 4.69) is 17.1 Å². The van der Waals surface area contributed by atoms with Gasteiger partial charge in [-0.1, -0.05) is 6.92 Å². The first-order valence-electron chi connectivity index (χ1n) is 7.30. The molecule has 2 nitrogen and oxygen atoms in total. The predicted molar refractivity (Wildman–Crippen MR) is 69.7 cm³/mol. The van der Waals surface area contributed by atoms with Crippen LogP contribution >= 0.6 is 0 Å². The van der Waals surface area contributed by atoms with Crippen molar-refractivity contribution in [2.24, 2.45) is 5.92 Å². The summed E-state index contributed by atoms with van der Waals surface area (Å²) in [6.45, 7) is 7.64. The number of hydrogen-bond acceptors (Lipinski definition) is 2. The van der Waals surface area contributed by atoms with E-state index in [9.17, 15) is 0 Å². The number of likely N-dealkylation sites (tertiary alicyclic amines) is 1. The number of nitrogens with one attached hydrogen (secondary N) is 1. The molecule has 0 atom stereocenters. The van der Waals surface area contributed by atoms with E-state index in [0.29, 0.717) is 0 Å². The third-order valence-electron chi connectivity index (χ3n) is 4.30. The number of hydrogen-bond donors (Lipinski definition) is 1. The molecule has 1 saturated carbocycles. The summed E-state index contributed by atoms with van der Waals surface area (Å²) in [6, 6.07) is 0.828. The van der Waals surface area contributed by atoms with Crippen molar-refractivity contribution in [1.29, 1.82) is 0 Å². The third kappa shape index (κ3) is 4.06. The number of nitrogens with zero attached hydrogens (tertiary/aromatic N) is 1. The molecule has 0 aromatic rings. The van der Waals surface area contributed by atoms with Crippen molar-refractivity contribution in [3.8, 4) is 0 Å². The van der Waals surface area contributed by atoms with E-state index in [1.54, 1.807) is 0 Å². The van der Waals surface area contributed by atoms with Gasteiger partial charge in [-0.2, -0.15) is 0 Å². The van der Waals surface area contributed by atoms with Gasteiger partial charge >= 0.3 is 0 Å². The van der Waals surface area contributed by atoms with Crippen LogP contribution in [0.25, 0.3) is 0 Å². The molecule has 0 amide bonds. The first kappa shape index (κ1) is 12.4. The van der Waals surface area contributed by atoms with Gasteiger partial charge in [-0.25, -0.2) is 0 Å². The average molecular weight is 224 g/mol. The zero-order chi connectivity index (χ0) is 11.2. The van der Waals surface area contributed by atoms with Gasteiger partial charge < -0.3 is 10.2 Å². The van der Waals surface area contributed by atoms with Crippen molar-refractivity contribution in [1.82, 2.24) is 10.2 Å². The molecule has 2 rings (SSSR count). The summed E-state index contributed by atoms with van der Waals surface area (Å²) in [5, 5.41) is 3.74. The smallest absolute Gasteiger partial charge is 0.00672 e. The van der Waals surface area contributed by atoms with Crippen LogP contribution in [0.2, 0.25) is 0 Å². The topological polar surface area (TPSA) is 15.3 Å². The molecule has 1 saturated heterocycles. The molecule has 1 N–H and O–H groups in total. The highest BCUT2D eigenvalue weighted by Gasteiger charge is 2.17. The minimum atomic E-state index is 0.828. The molecule has 0 spiro atoms. The van der Waals surface area contributed by atoms with E-state index in [4.69, 9.17) is 0 Å². The van der Waals surface area contributed by atoms with E-state index >= 15 is 0 Å². The van der Waals surface area contributed by atoms with Crippen LogP contribution in [0.1, 0.15) is 51.9 Å². The molecule has 2 aliphatic rings. The summed E-state index contributed by atoms with van der Waals surface area (Å²) < 4.78 is 0. The lowest BCUT2D eigenvalue weighted by Gasteiger charge is -2.27. The molecule has 1 aliphatic carbocycles. The molecule has 2 fully saturated rings. The van der Waals surface area contributed by atoms with E-state index in [1.807, 2.05) is 0 Å². The van der Waals surface area contributed by atoms with E-state index in [0.717, 1.165) is 12.0 Å². The lowest BCUT2D eigenvalue weighted by Crippen LogP contribution is -2.34. The van der Waals surface area contributed by atoms with Crippen molar-refractivity contribution < 1.29 is 0 Å². The van der Waals surface area contributed by atoms with Gasteiger partial charge in [-0.05, 0) is 77.0 Å². The van der Waals surface area contributed by atoms with Gasteiger partial charge in [0.05, 0.1) is 0 Å². The molecule has 1 heterocycles. The SMILES string of the molecule is CC1CCC(NCCCN2CCCC2)CC1. The monoisotopic (exact) mass is 224 g/mol. The van der Waals surface area contributed by atoms with Crippen molar-refractivity contribution in [2.45, 2.75) is 57.9 Å². The Morgan fingerprint density at radius 1 is 1.06 bits per heavy atom. The zero-order valence-electron chi connectivity index (χ0n) is 10.9. The van der Waals surface area contributed by atoms with Crippen molar-refractivity contribution in [2.75, 3.05) is 26.2 Å². The van der Waals surface area contributed by atoms with Crippen LogP contribution in [0.5, 0.6) is 0 Å². The molecule has 0 unspecified atom stereocenters. The van der Waals surface area contributed by atoms with Crippen molar-refractivity contribution in [3.05, 3.63) is 0 Å². The summed E-state index contributed by atoms with van der Waals surface area (Å²) in [5.74, 6) is 0.975. The fraction of sp³-hybridized carbons (Fsp3) is 1.00. The van der Waals surface area contributed by atoms with Crippen LogP contribution in [0.3, 0.4) is 0 Å². The lowest BCUT2D eigenvalue weighted by atomic mass is 9.87. The van der Waals surface area contributed by atoms with Gasteiger partial charge in [-0.3, -0.25) is 0 Å². The third-order valence-corrected chi connectivity index (χ3v) is 4.30. The summed E-state index contributed by atoms with van der Waals surface area (Å²) >= 11 is 0. The van der Waals surface area contributed by atoms with Gasteiger partial charge in [0.25, 0.3) is 0 Å². The highest BCUT2D eigenvalue weighted by atomic mass is 15.1. The second kappa shape index (κ2) is 6.61. The van der Waals surface area contributed by atoms with E-state index < -0.39 is 0 Å². The van der Waals surface area contributed by atoms with Gasteiger partial charge in [0, 0.05) is 6.04 Å². The Morgan fingerprint density at radius 3 is 2.44 bits per heavy atom. The summed E-state index contributed by atoms with van der Waals surface area (Å²) in [4.78, 5) is 2.62. The Morgan fingerprint density at radius 2 is 1.75 bits per heavy atom. The maximum atomic E-state index is 3.74. The average Bonchev–Trinajstić information content (AvgIpc) is 2.80. The van der Waals surface area contributed by atoms with Crippen LogP contribution in [0.15, 0.2) is 0 Å². The van der Waals surface area contributed by atoms with Gasteiger partial charge in [0.15, 0.2) is 0 Å². The Balaban J connectivity index is 1.48. The summed E-state index contributed by atoms with van der Waals surface area (Å²) in [6.07, 6.45) is 9.87. The summed E-state index contributed by atoms with van der Waals surface area (Å²) in [7, 11) is 0. The van der Waals surface area contributed by atoms with Crippen LogP contribution in [0, 0.1) is 5.92 Å². The Bertz CT molecular complexity index is 179. The minimum absolute atomic E-state index is 0.828. The highest BCUT2D eigenvalue weighted by Crippen LogP contribution is 2.23. The molecule has 0 aromatic heterocycles. The maximum absolute atomic E-state index is 3.74. The molecule has 1 aliphatic heterocycles. The molecule has 94 valence electrons. The normalized spacial score (nSPS) is 32.1. The molecule has 0 bridgehead atoms. The summed E-state index contributed by atoms with van der Waals surface area (Å²) in [5.41, 5.74) is 0. The first-order valence-corrected chi connectivity index (χ1v) is 7.30. The van der Waals surface area contributed by atoms with Crippen molar-refractivity contribution >= 4 is 0 Å². The Hall–Kier alpha value is -0.0800. The molecular weight excluding hydrogens is 196 g/mol. The Labute approximate surface area is 101 Å². The largest absolute Gasteiger partial charge is 0.314 e. The van der Waals surface area contributed by atoms with Crippen molar-refractivity contribution in [3.63, 3.8) is 0 Å². The second-order valence-electron chi connectivity index (χ2n) is 5.81. The quantitative estimate of drug-likeness (QED) is 0.722. The van der Waals surface area contributed by atoms with Gasteiger partial charge in [-0.15, -0.1) is 0 Å². The van der Waals surface area contributed by atoms with Crippen LogP contribution < -0.4 is 5.32 Å². The zero-order valence-corrected chi connectivity index (χ0v) is 10.9. The van der Waals surface area contributed by atoms with Crippen LogP contribution in [-0.4, -0.2) is 37.1 Å². The maximum Gasteiger partial charge on any atom is 0.00672 e. The predicted octanol–water partition coefficient (Wildman–Crippen LogP) is 2.64. The minimum Gasteiger partial charge on any atom is -0.314 e. The van der Waals surface area contributed by atoms with Gasteiger partial charge in [0.2, 0.25) is 0 Å². The molecule has 0 radical (unpaired) electrons. The van der Waals surface area contributed by atoms with E-state index in [-0.39, 0.29) is 0 Å². The first-order chi connectivity index (χ1) is 7.84. The Kier molecular flexibility index (Phi) is 5.11. The van der Waals surface area contributed by atoms with Crippen LogP contribution in [-0.2, 0) is 0 Å². The molecule has 0 aromatic carbocycles. The van der Waals surface area contributed by atoms with Crippen LogP contribution in [0.4, 0.5) is 0 Å². The van der Waals surface area contributed by atoms with E-state index in [1.165, 1.54) is 71.1 Å². The molecular formula is C14H28N2. The van der Waals surface area contributed by atoms with Gasteiger partial charge in [0.1, 0.15) is 0 Å². The fourth-order valence-corrected chi connectivity index (χ4v) is 3.08. The molecule has 16 heavy (non-hydrogen) atoms. The molecule has 2 heteroatoms. The fourth-order valence-electron chi connectivity index (χ4n) is 3.08.